The van der Waals surface area contributed by atoms with Gasteiger partial charge in [-0.2, -0.15) is 5.26 Å². The van der Waals surface area contributed by atoms with Crippen LogP contribution in [0.25, 0.3) is 10.9 Å². The van der Waals surface area contributed by atoms with Gasteiger partial charge in [-0.3, -0.25) is 4.98 Å². The van der Waals surface area contributed by atoms with Gasteiger partial charge in [-0.1, -0.05) is 35.4 Å². The molecule has 37 heavy (non-hydrogen) atoms. The molecule has 0 amide bonds. The molecular weight excluding hydrogens is 489 g/mol. The average molecular weight is 515 g/mol. The Morgan fingerprint density at radius 3 is 2.68 bits per heavy atom. The molecule has 0 spiro atoms. The van der Waals surface area contributed by atoms with Crippen molar-refractivity contribution in [1.82, 2.24) is 20.0 Å². The van der Waals surface area contributed by atoms with Gasteiger partial charge in [0.1, 0.15) is 17.6 Å². The molecule has 2 aromatic carbocycles. The van der Waals surface area contributed by atoms with Crippen LogP contribution in [0.15, 0.2) is 48.8 Å². The molecule has 0 saturated heterocycles. The van der Waals surface area contributed by atoms with Crippen LogP contribution in [0.2, 0.25) is 5.02 Å². The predicted molar refractivity (Wildman–Crippen MR) is 140 cm³/mol. The van der Waals surface area contributed by atoms with Gasteiger partial charge in [0.15, 0.2) is 0 Å². The highest BCUT2D eigenvalue weighted by molar-refractivity contribution is 6.35. The van der Waals surface area contributed by atoms with Gasteiger partial charge in [-0.15, -0.1) is 5.10 Å². The maximum absolute atomic E-state index is 13.8. The number of hydrogen-bond acceptors (Lipinski definition) is 6. The fraction of sp³-hybridized carbons (Fsp3) is 0.357. The van der Waals surface area contributed by atoms with Crippen LogP contribution in [-0.4, -0.2) is 26.0 Å². The van der Waals surface area contributed by atoms with Crippen LogP contribution in [0.1, 0.15) is 62.4 Å². The van der Waals surface area contributed by atoms with Crippen LogP contribution < -0.4 is 10.6 Å². The highest BCUT2D eigenvalue weighted by Gasteiger charge is 2.52. The smallest absolute Gasteiger partial charge is 0.123 e. The van der Waals surface area contributed by atoms with E-state index in [0.717, 1.165) is 18.5 Å². The summed E-state index contributed by atoms with van der Waals surface area (Å²) >= 11 is 6.72. The SMILES string of the molecule is [2H]C(Nc1cc(Cl)c2ncc(C#N)c(NC3[C@H]4CCC[C@@H]34)c2c1)(c1ccc(F)cc1)c1cn(C2CC2)nn1. The molecule has 3 saturated carbocycles. The molecule has 2 aromatic heterocycles. The summed E-state index contributed by atoms with van der Waals surface area (Å²) in [5.41, 5.74) is 3.21. The monoisotopic (exact) mass is 514 g/mol. The lowest BCUT2D eigenvalue weighted by Gasteiger charge is -2.20. The molecule has 3 aliphatic carbocycles. The number of hydrogen-bond donors (Lipinski definition) is 2. The number of benzene rings is 2. The molecule has 186 valence electrons. The van der Waals surface area contributed by atoms with Crippen molar-refractivity contribution < 1.29 is 5.76 Å². The Balaban J connectivity index is 1.32. The quantitative estimate of drug-likeness (QED) is 0.303. The summed E-state index contributed by atoms with van der Waals surface area (Å²) < 4.78 is 25.1. The summed E-state index contributed by atoms with van der Waals surface area (Å²) in [6.45, 7) is 0. The summed E-state index contributed by atoms with van der Waals surface area (Å²) in [4.78, 5) is 4.47. The van der Waals surface area contributed by atoms with Crippen LogP contribution in [0, 0.1) is 29.0 Å². The molecule has 2 N–H and O–H groups in total. The van der Waals surface area contributed by atoms with Gasteiger partial charge in [0.25, 0.3) is 0 Å². The lowest BCUT2D eigenvalue weighted by molar-refractivity contribution is 0.610. The Kier molecular flexibility index (Phi) is 5.03. The minimum absolute atomic E-state index is 0.301. The number of aromatic nitrogens is 4. The Labute approximate surface area is 220 Å². The number of nitrogens with one attached hydrogen (secondary N) is 2. The average Bonchev–Trinajstić information content (AvgIpc) is 3.73. The van der Waals surface area contributed by atoms with E-state index in [2.05, 4.69) is 32.0 Å². The molecular formula is C28H25ClFN7. The lowest BCUT2D eigenvalue weighted by atomic mass is 10.0. The number of anilines is 2. The van der Waals surface area contributed by atoms with Crippen molar-refractivity contribution in [2.45, 2.75) is 50.2 Å². The highest BCUT2D eigenvalue weighted by Crippen LogP contribution is 2.54. The van der Waals surface area contributed by atoms with Crippen molar-refractivity contribution in [3.05, 3.63) is 76.5 Å². The first-order chi connectivity index (χ1) is 18.4. The van der Waals surface area contributed by atoms with Crippen LogP contribution >= 0.6 is 11.6 Å². The van der Waals surface area contributed by atoms with Crippen molar-refractivity contribution >= 4 is 33.9 Å². The molecule has 3 aliphatic rings. The van der Waals surface area contributed by atoms with Crippen LogP contribution in [0.4, 0.5) is 15.8 Å². The minimum atomic E-state index is -1.57. The summed E-state index contributed by atoms with van der Waals surface area (Å²) in [5, 5.41) is 26.5. The van der Waals surface area contributed by atoms with Gasteiger partial charge in [0, 0.05) is 23.3 Å². The third-order valence-electron chi connectivity index (χ3n) is 7.85. The molecule has 2 heterocycles. The molecule has 7 rings (SSSR count). The van der Waals surface area contributed by atoms with E-state index in [0.29, 0.717) is 62.4 Å². The fourth-order valence-corrected chi connectivity index (χ4v) is 6.00. The third-order valence-corrected chi connectivity index (χ3v) is 8.14. The molecule has 9 heteroatoms. The van der Waals surface area contributed by atoms with Gasteiger partial charge < -0.3 is 10.6 Å². The lowest BCUT2D eigenvalue weighted by Crippen LogP contribution is -2.14. The van der Waals surface area contributed by atoms with E-state index in [9.17, 15) is 11.0 Å². The van der Waals surface area contributed by atoms with Crippen molar-refractivity contribution in [3.63, 3.8) is 0 Å². The van der Waals surface area contributed by atoms with Crippen LogP contribution in [0.3, 0.4) is 0 Å². The van der Waals surface area contributed by atoms with E-state index in [1.54, 1.807) is 35.3 Å². The third kappa shape index (κ3) is 4.08. The van der Waals surface area contributed by atoms with Crippen LogP contribution in [-0.2, 0) is 0 Å². The van der Waals surface area contributed by atoms with Crippen LogP contribution in [0.5, 0.6) is 0 Å². The van der Waals surface area contributed by atoms with E-state index in [-0.39, 0.29) is 5.82 Å². The standard InChI is InChI=1S/C28H25ClFN7/c29-23-11-18(10-22-25(16(12-31)13-32-28(22)23)34-27-20-2-1-3-21(20)27)33-26(15-4-6-17(30)7-5-15)24-14-37(36-35-24)19-8-9-19/h4-7,10-11,13-14,19-21,26-27,33H,1-3,8-9H2,(H,32,34)/t20-,21+,26?,27?/i26D. The number of nitriles is 1. The van der Waals surface area contributed by atoms with Gasteiger partial charge in [0.2, 0.25) is 0 Å². The first kappa shape index (κ1) is 21.4. The number of fused-ring (bicyclic) bond motifs is 2. The fourth-order valence-electron chi connectivity index (χ4n) is 5.73. The van der Waals surface area contributed by atoms with E-state index >= 15 is 0 Å². The maximum Gasteiger partial charge on any atom is 0.123 e. The maximum atomic E-state index is 13.8. The number of rotatable bonds is 7. The Hall–Kier alpha value is -3.70. The summed E-state index contributed by atoms with van der Waals surface area (Å²) in [5.74, 6) is 0.909. The first-order valence-corrected chi connectivity index (χ1v) is 13.1. The predicted octanol–water partition coefficient (Wildman–Crippen LogP) is 6.24. The van der Waals surface area contributed by atoms with E-state index in [1.165, 1.54) is 31.4 Å². The molecule has 7 nitrogen and oxygen atoms in total. The van der Waals surface area contributed by atoms with Crippen molar-refractivity contribution in [1.29, 1.82) is 5.26 Å². The molecule has 0 radical (unpaired) electrons. The van der Waals surface area contributed by atoms with Gasteiger partial charge >= 0.3 is 0 Å². The van der Waals surface area contributed by atoms with Crippen molar-refractivity contribution in [2.24, 2.45) is 11.8 Å². The Morgan fingerprint density at radius 2 is 1.95 bits per heavy atom. The van der Waals surface area contributed by atoms with E-state index in [1.807, 2.05) is 6.07 Å². The van der Waals surface area contributed by atoms with Gasteiger partial charge in [-0.25, -0.2) is 9.07 Å². The molecule has 0 aliphatic heterocycles. The second kappa shape index (κ2) is 8.70. The van der Waals surface area contributed by atoms with Crippen molar-refractivity contribution in [3.8, 4) is 6.07 Å². The van der Waals surface area contributed by atoms with E-state index in [4.69, 9.17) is 11.6 Å². The minimum Gasteiger partial charge on any atom is -0.380 e. The van der Waals surface area contributed by atoms with Crippen molar-refractivity contribution in [2.75, 3.05) is 10.6 Å². The van der Waals surface area contributed by atoms with E-state index < -0.39 is 6.02 Å². The first-order valence-electron chi connectivity index (χ1n) is 13.2. The summed E-state index contributed by atoms with van der Waals surface area (Å²) in [6.07, 6.45) is 9.08. The largest absolute Gasteiger partial charge is 0.380 e. The topological polar surface area (TPSA) is 91.5 Å². The molecule has 4 atom stereocenters. The zero-order chi connectivity index (χ0) is 26.0. The number of pyridine rings is 1. The normalized spacial score (nSPS) is 24.1. The van der Waals surface area contributed by atoms with Gasteiger partial charge in [-0.05, 0) is 67.3 Å². The molecule has 2 unspecified atom stereocenters. The Bertz CT molecular complexity index is 1590. The molecule has 4 aromatic rings. The second-order valence-electron chi connectivity index (χ2n) is 10.3. The zero-order valence-corrected chi connectivity index (χ0v) is 20.7. The highest BCUT2D eigenvalue weighted by atomic mass is 35.5. The molecule has 0 bridgehead atoms. The zero-order valence-electron chi connectivity index (χ0n) is 21.0. The molecule has 3 fully saturated rings. The second-order valence-corrected chi connectivity index (χ2v) is 10.7. The summed E-state index contributed by atoms with van der Waals surface area (Å²) in [7, 11) is 0. The number of nitrogens with zero attached hydrogens (tertiary/aromatic N) is 5. The number of halogens is 2. The summed E-state index contributed by atoms with van der Waals surface area (Å²) in [6, 6.07) is 10.7. The van der Waals surface area contributed by atoms with Gasteiger partial charge in [0.05, 0.1) is 41.4 Å². The Morgan fingerprint density at radius 1 is 1.16 bits per heavy atom.